The fourth-order valence-electron chi connectivity index (χ4n) is 4.14. The Morgan fingerprint density at radius 2 is 1.83 bits per heavy atom. The van der Waals surface area contributed by atoms with Crippen molar-refractivity contribution < 1.29 is 4.79 Å². The zero-order valence-corrected chi connectivity index (χ0v) is 21.5. The van der Waals surface area contributed by atoms with E-state index in [4.69, 9.17) is 5.73 Å². The number of hydrogen-bond acceptors (Lipinski definition) is 6. The van der Waals surface area contributed by atoms with Crippen LogP contribution in [0.1, 0.15) is 44.5 Å². The van der Waals surface area contributed by atoms with E-state index in [1.807, 2.05) is 56.1 Å². The number of carbonyl (C=O) groups is 1. The molecule has 1 aliphatic rings. The van der Waals surface area contributed by atoms with E-state index in [1.165, 1.54) is 4.90 Å². The summed E-state index contributed by atoms with van der Waals surface area (Å²) in [5.41, 5.74) is 10.1. The van der Waals surface area contributed by atoms with Crippen LogP contribution >= 0.6 is 11.8 Å². The van der Waals surface area contributed by atoms with Crippen LogP contribution in [0, 0.1) is 11.8 Å². The number of nitrogens with zero attached hydrogens (tertiary/aromatic N) is 2. The lowest BCUT2D eigenvalue weighted by Crippen LogP contribution is -2.26. The number of nitrogens with two attached hydrogens (primary N) is 1. The number of pyridine rings is 2. The van der Waals surface area contributed by atoms with Gasteiger partial charge in [-0.3, -0.25) is 4.79 Å². The minimum absolute atomic E-state index is 0.0430. The lowest BCUT2D eigenvalue weighted by atomic mass is 9.85. The van der Waals surface area contributed by atoms with Crippen LogP contribution < -0.4 is 16.4 Å². The van der Waals surface area contributed by atoms with Gasteiger partial charge in [-0.05, 0) is 73.9 Å². The van der Waals surface area contributed by atoms with Gasteiger partial charge in [0.15, 0.2) is 0 Å². The molecule has 6 nitrogen and oxygen atoms in total. The van der Waals surface area contributed by atoms with Crippen molar-refractivity contribution in [2.45, 2.75) is 43.3 Å². The molecule has 0 spiro atoms. The Bertz CT molecular complexity index is 1550. The van der Waals surface area contributed by atoms with Gasteiger partial charge in [-0.1, -0.05) is 19.8 Å². The molecule has 36 heavy (non-hydrogen) atoms. The standard InChI is InChI=1S/C29H27N5OS/c1-17(2)36-21-8-6-20(7-9-21)33-27-14-22-19(16-32-27)11-12-31-25(22)10-5-18-13-26-23(15-24(18)30)29(3,4)28(35)34-26/h6-9,11-17H,30H2,1-4H3,(H,32,33)(H,34,35). The molecule has 2 aromatic heterocycles. The molecule has 0 aliphatic carbocycles. The van der Waals surface area contributed by atoms with Gasteiger partial charge in [-0.25, -0.2) is 9.97 Å². The van der Waals surface area contributed by atoms with Crippen molar-refractivity contribution in [3.63, 3.8) is 0 Å². The van der Waals surface area contributed by atoms with E-state index >= 15 is 0 Å². The SMILES string of the molecule is CC(C)Sc1ccc(Nc2cc3c(C#Cc4cc5c(cc4N)C(C)(C)C(=O)N5)nccc3cn2)cc1. The third-order valence-electron chi connectivity index (χ3n) is 6.14. The number of nitrogen functional groups attached to an aromatic ring is 1. The summed E-state index contributed by atoms with van der Waals surface area (Å²) in [4.78, 5) is 22.6. The second-order valence-corrected chi connectivity index (χ2v) is 11.2. The topological polar surface area (TPSA) is 92.9 Å². The lowest BCUT2D eigenvalue weighted by Gasteiger charge is -2.15. The third-order valence-corrected chi connectivity index (χ3v) is 7.16. The summed E-state index contributed by atoms with van der Waals surface area (Å²) >= 11 is 1.83. The number of carbonyl (C=O) groups excluding carboxylic acids is 1. The maximum absolute atomic E-state index is 12.3. The molecule has 0 radical (unpaired) electrons. The van der Waals surface area contributed by atoms with Gasteiger partial charge < -0.3 is 16.4 Å². The molecule has 0 saturated carbocycles. The summed E-state index contributed by atoms with van der Waals surface area (Å²) in [6.07, 6.45) is 3.54. The highest BCUT2D eigenvalue weighted by Crippen LogP contribution is 2.39. The Morgan fingerprint density at radius 3 is 2.58 bits per heavy atom. The van der Waals surface area contributed by atoms with Gasteiger partial charge in [0.25, 0.3) is 0 Å². The number of rotatable bonds is 4. The fourth-order valence-corrected chi connectivity index (χ4v) is 4.98. The van der Waals surface area contributed by atoms with Gasteiger partial charge in [0.05, 0.1) is 5.41 Å². The Labute approximate surface area is 215 Å². The van der Waals surface area contributed by atoms with Gasteiger partial charge >= 0.3 is 0 Å². The first-order chi connectivity index (χ1) is 17.2. The highest BCUT2D eigenvalue weighted by Gasteiger charge is 2.38. The molecule has 4 aromatic rings. The molecule has 7 heteroatoms. The van der Waals surface area contributed by atoms with Crippen molar-refractivity contribution in [3.05, 3.63) is 77.7 Å². The Balaban J connectivity index is 1.45. The molecule has 0 fully saturated rings. The first-order valence-corrected chi connectivity index (χ1v) is 12.6. The Hall–Kier alpha value is -4.02. The molecule has 180 valence electrons. The van der Waals surface area contributed by atoms with Crippen LogP contribution in [-0.2, 0) is 10.2 Å². The van der Waals surface area contributed by atoms with Crippen LogP contribution in [0.3, 0.4) is 0 Å². The van der Waals surface area contributed by atoms with E-state index in [1.54, 1.807) is 6.20 Å². The van der Waals surface area contributed by atoms with Gasteiger partial charge in [-0.15, -0.1) is 11.8 Å². The summed E-state index contributed by atoms with van der Waals surface area (Å²) in [7, 11) is 0. The average molecular weight is 494 g/mol. The number of fused-ring (bicyclic) bond motifs is 2. The maximum atomic E-state index is 12.3. The number of nitrogens with one attached hydrogen (secondary N) is 2. The summed E-state index contributed by atoms with van der Waals surface area (Å²) in [6, 6.07) is 15.9. The molecular formula is C29H27N5OS. The van der Waals surface area contributed by atoms with E-state index in [0.717, 1.165) is 27.7 Å². The molecule has 0 saturated heterocycles. The van der Waals surface area contributed by atoms with Crippen molar-refractivity contribution in [2.75, 3.05) is 16.4 Å². The van der Waals surface area contributed by atoms with Gasteiger partial charge in [0.2, 0.25) is 5.91 Å². The van der Waals surface area contributed by atoms with Crippen LogP contribution in [0.15, 0.2) is 65.8 Å². The smallest absolute Gasteiger partial charge is 0.234 e. The summed E-state index contributed by atoms with van der Waals surface area (Å²) < 4.78 is 0. The van der Waals surface area contributed by atoms with Crippen LogP contribution in [0.4, 0.5) is 22.9 Å². The van der Waals surface area contributed by atoms with Gasteiger partial charge in [0.1, 0.15) is 11.5 Å². The van der Waals surface area contributed by atoms with Crippen molar-refractivity contribution >= 4 is 51.3 Å². The second-order valence-electron chi connectivity index (χ2n) is 9.58. The lowest BCUT2D eigenvalue weighted by molar-refractivity contribution is -0.119. The second kappa shape index (κ2) is 9.21. The highest BCUT2D eigenvalue weighted by atomic mass is 32.2. The molecule has 0 atom stereocenters. The minimum atomic E-state index is -0.614. The zero-order valence-electron chi connectivity index (χ0n) is 20.6. The first kappa shape index (κ1) is 23.7. The highest BCUT2D eigenvalue weighted by molar-refractivity contribution is 7.99. The Morgan fingerprint density at radius 1 is 1.06 bits per heavy atom. The van der Waals surface area contributed by atoms with Gasteiger partial charge in [-0.2, -0.15) is 0 Å². The summed E-state index contributed by atoms with van der Waals surface area (Å²) in [5.74, 6) is 6.99. The van der Waals surface area contributed by atoms with Crippen molar-refractivity contribution in [1.82, 2.24) is 9.97 Å². The molecule has 2 aromatic carbocycles. The molecule has 5 rings (SSSR count). The quantitative estimate of drug-likeness (QED) is 0.181. The predicted molar refractivity (Wildman–Crippen MR) is 149 cm³/mol. The van der Waals surface area contributed by atoms with Crippen LogP contribution in [0.2, 0.25) is 0 Å². The monoisotopic (exact) mass is 493 g/mol. The van der Waals surface area contributed by atoms with E-state index in [2.05, 4.69) is 70.6 Å². The molecule has 4 N–H and O–H groups in total. The number of amides is 1. The summed E-state index contributed by atoms with van der Waals surface area (Å²) in [5, 5.41) is 8.67. The molecule has 3 heterocycles. The molecule has 1 amide bonds. The largest absolute Gasteiger partial charge is 0.398 e. The average Bonchev–Trinajstić information content (AvgIpc) is 3.06. The van der Waals surface area contributed by atoms with Crippen molar-refractivity contribution in [3.8, 4) is 11.8 Å². The number of benzene rings is 2. The predicted octanol–water partition coefficient (Wildman–Crippen LogP) is 6.09. The number of hydrogen-bond donors (Lipinski definition) is 3. The normalized spacial score (nSPS) is 13.8. The van der Waals surface area contributed by atoms with Crippen LogP contribution in [0.5, 0.6) is 0 Å². The number of thioether (sulfide) groups is 1. The van der Waals surface area contributed by atoms with E-state index in [9.17, 15) is 4.79 Å². The third kappa shape index (κ3) is 4.60. The maximum Gasteiger partial charge on any atom is 0.234 e. The minimum Gasteiger partial charge on any atom is -0.398 e. The van der Waals surface area contributed by atoms with Crippen LogP contribution in [-0.4, -0.2) is 21.1 Å². The zero-order chi connectivity index (χ0) is 25.4. The molecular weight excluding hydrogens is 466 g/mol. The van der Waals surface area contributed by atoms with Crippen molar-refractivity contribution in [1.29, 1.82) is 0 Å². The molecule has 1 aliphatic heterocycles. The van der Waals surface area contributed by atoms with E-state index < -0.39 is 5.41 Å². The number of anilines is 4. The summed E-state index contributed by atoms with van der Waals surface area (Å²) in [6.45, 7) is 8.14. The molecule has 0 unspecified atom stereocenters. The van der Waals surface area contributed by atoms with E-state index in [0.29, 0.717) is 28.0 Å². The number of aromatic nitrogens is 2. The Kier molecular flexibility index (Phi) is 6.07. The first-order valence-electron chi connectivity index (χ1n) is 11.8. The van der Waals surface area contributed by atoms with Crippen LogP contribution in [0.25, 0.3) is 10.8 Å². The van der Waals surface area contributed by atoms with Gasteiger partial charge in [0, 0.05) is 55.9 Å². The van der Waals surface area contributed by atoms with E-state index in [-0.39, 0.29) is 5.91 Å². The molecule has 0 bridgehead atoms. The van der Waals surface area contributed by atoms with Crippen molar-refractivity contribution in [2.24, 2.45) is 0 Å². The fraction of sp³-hybridized carbons (Fsp3) is 0.207.